The molecule has 1 N–H and O–H groups in total. The van der Waals surface area contributed by atoms with E-state index < -0.39 is 0 Å². The van der Waals surface area contributed by atoms with Crippen LogP contribution in [0.1, 0.15) is 31.4 Å². The third kappa shape index (κ3) is 2.77. The lowest BCUT2D eigenvalue weighted by Gasteiger charge is -2.28. The smallest absolute Gasteiger partial charge is 0.305 e. The van der Waals surface area contributed by atoms with Crippen molar-refractivity contribution >= 4 is 5.97 Å². The van der Waals surface area contributed by atoms with Crippen molar-refractivity contribution in [1.29, 1.82) is 0 Å². The number of benzene rings is 2. The second-order valence-corrected chi connectivity index (χ2v) is 5.22. The summed E-state index contributed by atoms with van der Waals surface area (Å²) in [6.45, 7) is 2.19. The molecule has 4 heteroatoms. The van der Waals surface area contributed by atoms with E-state index in [9.17, 15) is 9.90 Å². The highest BCUT2D eigenvalue weighted by Crippen LogP contribution is 2.44. The highest BCUT2D eigenvalue weighted by Gasteiger charge is 2.26. The summed E-state index contributed by atoms with van der Waals surface area (Å²) >= 11 is 0. The van der Waals surface area contributed by atoms with Crippen molar-refractivity contribution in [1.82, 2.24) is 0 Å². The van der Waals surface area contributed by atoms with Crippen LogP contribution in [0.2, 0.25) is 0 Å². The Morgan fingerprint density at radius 3 is 2.86 bits per heavy atom. The minimum atomic E-state index is -0.208. The molecule has 0 aliphatic carbocycles. The van der Waals surface area contributed by atoms with E-state index >= 15 is 0 Å². The van der Waals surface area contributed by atoms with Gasteiger partial charge in [0.1, 0.15) is 17.6 Å². The van der Waals surface area contributed by atoms with Gasteiger partial charge in [-0.05, 0) is 37.1 Å². The zero-order valence-electron chi connectivity index (χ0n) is 12.4. The van der Waals surface area contributed by atoms with Crippen molar-refractivity contribution in [3.63, 3.8) is 0 Å². The van der Waals surface area contributed by atoms with Gasteiger partial charge in [0, 0.05) is 17.5 Å². The number of phenolic OH excluding ortho intramolecular Hbond substituents is 1. The van der Waals surface area contributed by atoms with E-state index in [1.807, 2.05) is 24.3 Å². The average Bonchev–Trinajstić information content (AvgIpc) is 2.53. The number of fused-ring (bicyclic) bond motifs is 3. The molecular formula is C18H18O4. The first-order chi connectivity index (χ1) is 10.7. The molecule has 1 heterocycles. The molecule has 1 aliphatic rings. The Balaban J connectivity index is 1.89. The van der Waals surface area contributed by atoms with Gasteiger partial charge in [-0.1, -0.05) is 24.3 Å². The molecule has 2 aromatic carbocycles. The highest BCUT2D eigenvalue weighted by molar-refractivity contribution is 5.77. The van der Waals surface area contributed by atoms with E-state index in [2.05, 4.69) is 0 Å². The number of aromatic hydroxyl groups is 1. The largest absolute Gasteiger partial charge is 0.508 e. The molecule has 114 valence electrons. The van der Waals surface area contributed by atoms with Gasteiger partial charge in [0.05, 0.1) is 6.61 Å². The second-order valence-electron chi connectivity index (χ2n) is 5.22. The van der Waals surface area contributed by atoms with E-state index in [0.717, 1.165) is 22.4 Å². The Kier molecular flexibility index (Phi) is 4.00. The zero-order chi connectivity index (χ0) is 15.5. The van der Waals surface area contributed by atoms with E-state index in [0.29, 0.717) is 19.4 Å². The molecule has 1 aliphatic heterocycles. The van der Waals surface area contributed by atoms with Crippen LogP contribution in [-0.4, -0.2) is 17.7 Å². The van der Waals surface area contributed by atoms with Crippen LogP contribution < -0.4 is 4.74 Å². The number of ether oxygens (including phenoxy) is 2. The van der Waals surface area contributed by atoms with Crippen LogP contribution in [-0.2, 0) is 9.53 Å². The predicted octanol–water partition coefficient (Wildman–Crippen LogP) is 3.84. The number of rotatable bonds is 4. The van der Waals surface area contributed by atoms with Crippen molar-refractivity contribution in [3.05, 3.63) is 48.0 Å². The molecule has 0 saturated heterocycles. The fourth-order valence-electron chi connectivity index (χ4n) is 2.77. The monoisotopic (exact) mass is 298 g/mol. The van der Waals surface area contributed by atoms with Gasteiger partial charge in [-0.25, -0.2) is 0 Å². The molecule has 0 bridgehead atoms. The first kappa shape index (κ1) is 14.4. The molecular weight excluding hydrogens is 280 g/mol. The van der Waals surface area contributed by atoms with Crippen molar-refractivity contribution < 1.29 is 19.4 Å². The lowest BCUT2D eigenvalue weighted by molar-refractivity contribution is -0.143. The van der Waals surface area contributed by atoms with Gasteiger partial charge in [0.25, 0.3) is 0 Å². The van der Waals surface area contributed by atoms with Gasteiger partial charge in [0.15, 0.2) is 0 Å². The Labute approximate surface area is 129 Å². The molecule has 0 aromatic heterocycles. The fraction of sp³-hybridized carbons (Fsp3) is 0.278. The molecule has 0 radical (unpaired) electrons. The first-order valence-electron chi connectivity index (χ1n) is 7.43. The molecule has 0 spiro atoms. The molecule has 0 fully saturated rings. The third-order valence-corrected chi connectivity index (χ3v) is 3.75. The molecule has 1 unspecified atom stereocenters. The van der Waals surface area contributed by atoms with Crippen LogP contribution in [0.15, 0.2) is 42.5 Å². The summed E-state index contributed by atoms with van der Waals surface area (Å²) in [6.07, 6.45) is 0.703. The van der Waals surface area contributed by atoms with Gasteiger partial charge >= 0.3 is 5.97 Å². The Morgan fingerprint density at radius 1 is 1.23 bits per heavy atom. The van der Waals surface area contributed by atoms with Crippen molar-refractivity contribution in [3.8, 4) is 22.6 Å². The van der Waals surface area contributed by atoms with E-state index in [4.69, 9.17) is 9.47 Å². The quantitative estimate of drug-likeness (QED) is 0.871. The SMILES string of the molecule is CCOC(=O)CCC1Oc2ccc(O)cc2-c2ccccc21. The maximum absolute atomic E-state index is 11.6. The third-order valence-electron chi connectivity index (χ3n) is 3.75. The summed E-state index contributed by atoms with van der Waals surface area (Å²) < 4.78 is 11.0. The molecule has 22 heavy (non-hydrogen) atoms. The average molecular weight is 298 g/mol. The van der Waals surface area contributed by atoms with Crippen molar-refractivity contribution in [2.45, 2.75) is 25.9 Å². The number of carbonyl (C=O) groups is 1. The topological polar surface area (TPSA) is 55.8 Å². The van der Waals surface area contributed by atoms with Crippen LogP contribution in [0, 0.1) is 0 Å². The summed E-state index contributed by atoms with van der Waals surface area (Å²) in [5.74, 6) is 0.729. The second kappa shape index (κ2) is 6.10. The Hall–Kier alpha value is -2.49. The van der Waals surface area contributed by atoms with E-state index in [1.54, 1.807) is 25.1 Å². The maximum Gasteiger partial charge on any atom is 0.305 e. The fourth-order valence-corrected chi connectivity index (χ4v) is 2.77. The molecule has 4 nitrogen and oxygen atoms in total. The van der Waals surface area contributed by atoms with Crippen molar-refractivity contribution in [2.24, 2.45) is 0 Å². The summed E-state index contributed by atoms with van der Waals surface area (Å²) in [7, 11) is 0. The summed E-state index contributed by atoms with van der Waals surface area (Å²) in [6, 6.07) is 13.0. The molecule has 2 aromatic rings. The van der Waals surface area contributed by atoms with Gasteiger partial charge in [0.2, 0.25) is 0 Å². The van der Waals surface area contributed by atoms with E-state index in [1.165, 1.54) is 0 Å². The molecule has 3 rings (SSSR count). The van der Waals surface area contributed by atoms with E-state index in [-0.39, 0.29) is 17.8 Å². The minimum Gasteiger partial charge on any atom is -0.508 e. The summed E-state index contributed by atoms with van der Waals surface area (Å²) in [4.78, 5) is 11.6. The van der Waals surface area contributed by atoms with Gasteiger partial charge in [-0.15, -0.1) is 0 Å². The van der Waals surface area contributed by atoms with Crippen LogP contribution in [0.3, 0.4) is 0 Å². The number of carbonyl (C=O) groups excluding carboxylic acids is 1. The van der Waals surface area contributed by atoms with Gasteiger partial charge < -0.3 is 14.6 Å². The molecule has 1 atom stereocenters. The lowest BCUT2D eigenvalue weighted by atomic mass is 9.91. The van der Waals surface area contributed by atoms with Crippen molar-refractivity contribution in [2.75, 3.05) is 6.61 Å². The standard InChI is InChI=1S/C18H18O4/c1-2-21-18(20)10-9-16-14-6-4-3-5-13(14)15-11-12(19)7-8-17(15)22-16/h3-8,11,16,19H,2,9-10H2,1H3. The number of esters is 1. The van der Waals surface area contributed by atoms with Crippen LogP contribution in [0.5, 0.6) is 11.5 Å². The first-order valence-corrected chi connectivity index (χ1v) is 7.43. The highest BCUT2D eigenvalue weighted by atomic mass is 16.5. The normalized spacial score (nSPS) is 15.4. The minimum absolute atomic E-state index is 0.183. The molecule has 0 amide bonds. The lowest BCUT2D eigenvalue weighted by Crippen LogP contribution is -2.16. The van der Waals surface area contributed by atoms with Crippen LogP contribution >= 0.6 is 0 Å². The number of phenols is 1. The van der Waals surface area contributed by atoms with Crippen LogP contribution in [0.25, 0.3) is 11.1 Å². The summed E-state index contributed by atoms with van der Waals surface area (Å²) in [5.41, 5.74) is 2.95. The predicted molar refractivity (Wildman–Crippen MR) is 82.8 cm³/mol. The number of hydrogen-bond donors (Lipinski definition) is 1. The Morgan fingerprint density at radius 2 is 2.05 bits per heavy atom. The summed E-state index contributed by atoms with van der Waals surface area (Å²) in [5, 5.41) is 9.70. The zero-order valence-corrected chi connectivity index (χ0v) is 12.4. The molecule has 0 saturated carbocycles. The van der Waals surface area contributed by atoms with Crippen LogP contribution in [0.4, 0.5) is 0 Å². The van der Waals surface area contributed by atoms with Gasteiger partial charge in [-0.3, -0.25) is 4.79 Å². The number of hydrogen-bond acceptors (Lipinski definition) is 4. The van der Waals surface area contributed by atoms with Gasteiger partial charge in [-0.2, -0.15) is 0 Å². The Bertz CT molecular complexity index is 693. The maximum atomic E-state index is 11.6.